The van der Waals surface area contributed by atoms with Gasteiger partial charge in [-0.2, -0.15) is 0 Å². The van der Waals surface area contributed by atoms with Crippen LogP contribution < -0.4 is 5.73 Å². The summed E-state index contributed by atoms with van der Waals surface area (Å²) in [6, 6.07) is 3.83. The van der Waals surface area contributed by atoms with Crippen LogP contribution in [0.1, 0.15) is 12.7 Å². The van der Waals surface area contributed by atoms with Crippen LogP contribution in [0.5, 0.6) is 0 Å². The zero-order chi connectivity index (χ0) is 9.97. The van der Waals surface area contributed by atoms with Crippen molar-refractivity contribution in [3.8, 4) is 0 Å². The van der Waals surface area contributed by atoms with Crippen LogP contribution in [0.2, 0.25) is 0 Å². The van der Waals surface area contributed by atoms with Crippen molar-refractivity contribution in [3.05, 3.63) is 36.4 Å². The van der Waals surface area contributed by atoms with Gasteiger partial charge in [-0.05, 0) is 24.6 Å². The van der Waals surface area contributed by atoms with Gasteiger partial charge in [-0.15, -0.1) is 0 Å². The minimum atomic E-state index is 0.529. The van der Waals surface area contributed by atoms with Gasteiger partial charge in [0.2, 0.25) is 0 Å². The lowest BCUT2D eigenvalue weighted by atomic mass is 10.2. The first-order valence-electron chi connectivity index (χ1n) is 4.52. The number of nitrogens with two attached hydrogens (primary N) is 1. The van der Waals surface area contributed by atoms with E-state index in [4.69, 9.17) is 10.2 Å². The number of hydrogen-bond donors (Lipinski definition) is 1. The van der Waals surface area contributed by atoms with Gasteiger partial charge < -0.3 is 10.2 Å². The van der Waals surface area contributed by atoms with E-state index in [1.165, 1.54) is 0 Å². The first-order valence-corrected chi connectivity index (χ1v) is 4.52. The van der Waals surface area contributed by atoms with Crippen molar-refractivity contribution in [1.29, 1.82) is 0 Å². The van der Waals surface area contributed by atoms with Gasteiger partial charge in [0.05, 0.1) is 0 Å². The molecule has 0 amide bonds. The van der Waals surface area contributed by atoms with Crippen molar-refractivity contribution >= 4 is 16.5 Å². The van der Waals surface area contributed by atoms with Crippen molar-refractivity contribution in [1.82, 2.24) is 4.98 Å². The Morgan fingerprint density at radius 1 is 1.64 bits per heavy atom. The van der Waals surface area contributed by atoms with E-state index >= 15 is 0 Å². The Bertz CT molecular complexity index is 438. The van der Waals surface area contributed by atoms with E-state index in [9.17, 15) is 0 Å². The van der Waals surface area contributed by atoms with Crippen LogP contribution in [-0.2, 0) is 0 Å². The molecule has 0 aromatic carbocycles. The summed E-state index contributed by atoms with van der Waals surface area (Å²) >= 11 is 0. The van der Waals surface area contributed by atoms with Crippen LogP contribution in [0.15, 0.2) is 35.0 Å². The van der Waals surface area contributed by atoms with Gasteiger partial charge in [0.15, 0.2) is 0 Å². The quantitative estimate of drug-likeness (QED) is 0.785. The third kappa shape index (κ3) is 1.54. The van der Waals surface area contributed by atoms with Crippen molar-refractivity contribution in [2.75, 3.05) is 6.54 Å². The molecule has 2 heterocycles. The van der Waals surface area contributed by atoms with Crippen molar-refractivity contribution in [3.63, 3.8) is 0 Å². The van der Waals surface area contributed by atoms with E-state index in [0.29, 0.717) is 6.54 Å². The molecule has 0 saturated carbocycles. The van der Waals surface area contributed by atoms with Crippen molar-refractivity contribution in [2.24, 2.45) is 5.73 Å². The molecule has 0 aliphatic rings. The Morgan fingerprint density at radius 2 is 2.50 bits per heavy atom. The second-order valence-corrected chi connectivity index (χ2v) is 3.15. The summed E-state index contributed by atoms with van der Waals surface area (Å²) in [5.74, 6) is 0.860. The summed E-state index contributed by atoms with van der Waals surface area (Å²) in [6.45, 7) is 2.51. The summed E-state index contributed by atoms with van der Waals surface area (Å²) in [5.41, 5.74) is 7.35. The fourth-order valence-electron chi connectivity index (χ4n) is 1.36. The minimum Gasteiger partial charge on any atom is -0.456 e. The SMILES string of the molecule is CC(=CCN)c1cc2cnccc2o1. The standard InChI is InChI=1S/C11H12N2O/c1-8(2-4-12)11-6-9-7-13-5-3-10(9)14-11/h2-3,5-7H,4,12H2,1H3. The van der Waals surface area contributed by atoms with E-state index in [1.54, 1.807) is 12.4 Å². The van der Waals surface area contributed by atoms with Gasteiger partial charge in [-0.25, -0.2) is 0 Å². The molecular formula is C11H12N2O. The Kier molecular flexibility index (Phi) is 2.33. The number of allylic oxidation sites excluding steroid dienone is 1. The molecule has 0 aliphatic heterocycles. The maximum Gasteiger partial charge on any atom is 0.137 e. The van der Waals surface area contributed by atoms with Crippen molar-refractivity contribution in [2.45, 2.75) is 6.92 Å². The average Bonchev–Trinajstić information content (AvgIpc) is 2.61. The van der Waals surface area contributed by atoms with Gasteiger partial charge in [0.1, 0.15) is 11.3 Å². The Morgan fingerprint density at radius 3 is 3.21 bits per heavy atom. The Labute approximate surface area is 82.2 Å². The molecule has 0 radical (unpaired) electrons. The van der Waals surface area contributed by atoms with E-state index in [2.05, 4.69) is 4.98 Å². The predicted octanol–water partition coefficient (Wildman–Crippen LogP) is 2.19. The average molecular weight is 188 g/mol. The number of aromatic nitrogens is 1. The van der Waals surface area contributed by atoms with Crippen LogP contribution in [0.4, 0.5) is 0 Å². The molecule has 72 valence electrons. The molecule has 14 heavy (non-hydrogen) atoms. The molecular weight excluding hydrogens is 176 g/mol. The van der Waals surface area contributed by atoms with Gasteiger partial charge in [0, 0.05) is 24.3 Å². The molecule has 0 bridgehead atoms. The molecule has 0 aliphatic carbocycles. The molecule has 0 fully saturated rings. The van der Waals surface area contributed by atoms with Gasteiger partial charge in [-0.3, -0.25) is 4.98 Å². The topological polar surface area (TPSA) is 52.0 Å². The number of pyridine rings is 1. The molecule has 0 unspecified atom stereocenters. The van der Waals surface area contributed by atoms with Crippen LogP contribution in [-0.4, -0.2) is 11.5 Å². The molecule has 3 heteroatoms. The van der Waals surface area contributed by atoms with Gasteiger partial charge >= 0.3 is 0 Å². The summed E-state index contributed by atoms with van der Waals surface area (Å²) in [5, 5.41) is 1.02. The fraction of sp³-hybridized carbons (Fsp3) is 0.182. The summed E-state index contributed by atoms with van der Waals surface area (Å²) < 4.78 is 5.62. The molecule has 2 rings (SSSR count). The summed E-state index contributed by atoms with van der Waals surface area (Å²) in [4.78, 5) is 4.03. The third-order valence-electron chi connectivity index (χ3n) is 2.13. The molecule has 0 saturated heterocycles. The Balaban J connectivity index is 2.50. The van der Waals surface area contributed by atoms with Crippen molar-refractivity contribution < 1.29 is 4.42 Å². The number of fused-ring (bicyclic) bond motifs is 1. The second-order valence-electron chi connectivity index (χ2n) is 3.15. The zero-order valence-electron chi connectivity index (χ0n) is 8.03. The molecule has 2 aromatic rings. The number of hydrogen-bond acceptors (Lipinski definition) is 3. The van der Waals surface area contributed by atoms with E-state index in [0.717, 1.165) is 22.3 Å². The third-order valence-corrected chi connectivity index (χ3v) is 2.13. The number of rotatable bonds is 2. The first kappa shape index (κ1) is 8.97. The highest BCUT2D eigenvalue weighted by molar-refractivity contribution is 5.80. The van der Waals surface area contributed by atoms with Crippen LogP contribution in [0.3, 0.4) is 0 Å². The fourth-order valence-corrected chi connectivity index (χ4v) is 1.36. The highest BCUT2D eigenvalue weighted by Crippen LogP contribution is 2.23. The summed E-state index contributed by atoms with van der Waals surface area (Å²) in [6.07, 6.45) is 5.45. The summed E-state index contributed by atoms with van der Waals surface area (Å²) in [7, 11) is 0. The second kappa shape index (κ2) is 3.64. The zero-order valence-corrected chi connectivity index (χ0v) is 8.03. The maximum atomic E-state index is 5.62. The highest BCUT2D eigenvalue weighted by atomic mass is 16.3. The smallest absolute Gasteiger partial charge is 0.137 e. The normalized spacial score (nSPS) is 12.3. The molecule has 0 atom stereocenters. The van der Waals surface area contributed by atoms with Crippen LogP contribution in [0.25, 0.3) is 16.5 Å². The maximum absolute atomic E-state index is 5.62. The highest BCUT2D eigenvalue weighted by Gasteiger charge is 2.03. The molecule has 3 nitrogen and oxygen atoms in total. The van der Waals surface area contributed by atoms with Gasteiger partial charge in [0.25, 0.3) is 0 Å². The molecule has 2 N–H and O–H groups in total. The number of nitrogens with zero attached hydrogens (tertiary/aromatic N) is 1. The molecule has 0 spiro atoms. The predicted molar refractivity (Wildman–Crippen MR) is 56.7 cm³/mol. The monoisotopic (exact) mass is 188 g/mol. The van der Waals surface area contributed by atoms with Crippen LogP contribution in [0, 0.1) is 0 Å². The lowest BCUT2D eigenvalue weighted by molar-refractivity contribution is 0.599. The van der Waals surface area contributed by atoms with E-state index in [-0.39, 0.29) is 0 Å². The minimum absolute atomic E-state index is 0.529. The van der Waals surface area contributed by atoms with E-state index in [1.807, 2.05) is 25.1 Å². The Hall–Kier alpha value is -1.61. The molecule has 2 aromatic heterocycles. The lowest BCUT2D eigenvalue weighted by Gasteiger charge is -1.92. The van der Waals surface area contributed by atoms with Crippen LogP contribution >= 0.6 is 0 Å². The largest absolute Gasteiger partial charge is 0.456 e. The number of furan rings is 1. The lowest BCUT2D eigenvalue weighted by Crippen LogP contribution is -1.93. The van der Waals surface area contributed by atoms with E-state index < -0.39 is 0 Å². The first-order chi connectivity index (χ1) is 6.81. The van der Waals surface area contributed by atoms with Gasteiger partial charge in [-0.1, -0.05) is 6.08 Å².